The van der Waals surface area contributed by atoms with E-state index in [9.17, 15) is 0 Å². The predicted molar refractivity (Wildman–Crippen MR) is 52.3 cm³/mol. The van der Waals surface area contributed by atoms with Crippen LogP contribution in [0.3, 0.4) is 0 Å². The fourth-order valence-electron chi connectivity index (χ4n) is 0.926. The van der Waals surface area contributed by atoms with Gasteiger partial charge in [0.05, 0.1) is 11.4 Å². The quantitative estimate of drug-likeness (QED) is 0.705. The number of nitrogens with two attached hydrogens (primary N) is 2. The maximum absolute atomic E-state index is 5.69. The molecule has 0 amide bonds. The van der Waals surface area contributed by atoms with Crippen LogP contribution in [0.25, 0.3) is 0 Å². The van der Waals surface area contributed by atoms with Crippen LogP contribution in [0.2, 0.25) is 0 Å². The largest absolute Gasteiger partial charge is 0.397 e. The number of benzene rings is 1. The molecule has 0 atom stereocenters. The molecule has 60 valence electrons. The minimum absolute atomic E-state index is 0.633. The van der Waals surface area contributed by atoms with Crippen molar-refractivity contribution in [2.75, 3.05) is 11.5 Å². The third-order valence-electron chi connectivity index (χ3n) is 1.67. The summed E-state index contributed by atoms with van der Waals surface area (Å²) in [6, 6.07) is 3.81. The Labute approximate surface area is 74.7 Å². The summed E-state index contributed by atoms with van der Waals surface area (Å²) in [6.07, 6.45) is 0.963. The highest BCUT2D eigenvalue weighted by Crippen LogP contribution is 2.29. The van der Waals surface area contributed by atoms with Gasteiger partial charge in [0.1, 0.15) is 0 Å². The minimum Gasteiger partial charge on any atom is -0.397 e. The Hall–Kier alpha value is -0.700. The molecule has 0 bridgehead atoms. The van der Waals surface area contributed by atoms with Crippen molar-refractivity contribution in [3.05, 3.63) is 22.2 Å². The van der Waals surface area contributed by atoms with Crippen LogP contribution in [0.1, 0.15) is 12.5 Å². The van der Waals surface area contributed by atoms with Crippen molar-refractivity contribution in [1.82, 2.24) is 0 Å². The van der Waals surface area contributed by atoms with E-state index in [-0.39, 0.29) is 0 Å². The summed E-state index contributed by atoms with van der Waals surface area (Å²) in [5, 5.41) is 0. The highest BCUT2D eigenvalue weighted by Gasteiger charge is 2.03. The van der Waals surface area contributed by atoms with E-state index < -0.39 is 0 Å². The van der Waals surface area contributed by atoms with Crippen molar-refractivity contribution in [3.63, 3.8) is 0 Å². The van der Waals surface area contributed by atoms with Crippen LogP contribution in [0, 0.1) is 0 Å². The lowest BCUT2D eigenvalue weighted by molar-refractivity contribution is 1.13. The Morgan fingerprint density at radius 1 is 1.36 bits per heavy atom. The summed E-state index contributed by atoms with van der Waals surface area (Å²) < 4.78 is 0.931. The van der Waals surface area contributed by atoms with E-state index in [0.29, 0.717) is 11.4 Å². The van der Waals surface area contributed by atoms with Crippen LogP contribution >= 0.6 is 15.9 Å². The fraction of sp³-hybridized carbons (Fsp3) is 0.250. The van der Waals surface area contributed by atoms with Gasteiger partial charge in [0, 0.05) is 4.47 Å². The molecule has 0 aromatic heterocycles. The Bertz CT molecular complexity index is 271. The average Bonchev–Trinajstić information content (AvgIpc) is 2.01. The van der Waals surface area contributed by atoms with Crippen molar-refractivity contribution in [2.45, 2.75) is 13.3 Å². The molecule has 4 N–H and O–H groups in total. The van der Waals surface area contributed by atoms with Gasteiger partial charge < -0.3 is 11.5 Å². The Morgan fingerprint density at radius 3 is 2.55 bits per heavy atom. The van der Waals surface area contributed by atoms with Crippen molar-refractivity contribution < 1.29 is 0 Å². The highest BCUT2D eigenvalue weighted by atomic mass is 79.9. The van der Waals surface area contributed by atoms with E-state index in [2.05, 4.69) is 22.9 Å². The summed E-state index contributed by atoms with van der Waals surface area (Å²) >= 11 is 3.39. The predicted octanol–water partition coefficient (Wildman–Crippen LogP) is 2.18. The summed E-state index contributed by atoms with van der Waals surface area (Å²) in [7, 11) is 0. The van der Waals surface area contributed by atoms with E-state index in [1.54, 1.807) is 0 Å². The maximum atomic E-state index is 5.69. The number of halogens is 1. The number of aryl methyl sites for hydroxylation is 1. The lowest BCUT2D eigenvalue weighted by Gasteiger charge is -2.06. The van der Waals surface area contributed by atoms with Gasteiger partial charge >= 0.3 is 0 Å². The van der Waals surface area contributed by atoms with Crippen molar-refractivity contribution in [1.29, 1.82) is 0 Å². The first-order chi connectivity index (χ1) is 5.16. The third-order valence-corrected chi connectivity index (χ3v) is 2.61. The van der Waals surface area contributed by atoms with Gasteiger partial charge in [-0.2, -0.15) is 0 Å². The highest BCUT2D eigenvalue weighted by molar-refractivity contribution is 9.10. The van der Waals surface area contributed by atoms with Gasteiger partial charge in [0.25, 0.3) is 0 Å². The molecule has 0 heterocycles. The Morgan fingerprint density at radius 2 is 2.00 bits per heavy atom. The zero-order valence-corrected chi connectivity index (χ0v) is 7.98. The van der Waals surface area contributed by atoms with Crippen LogP contribution in [-0.4, -0.2) is 0 Å². The molecule has 0 saturated carbocycles. The van der Waals surface area contributed by atoms with Crippen molar-refractivity contribution >= 4 is 27.3 Å². The lowest BCUT2D eigenvalue weighted by atomic mass is 10.1. The molecule has 2 nitrogen and oxygen atoms in total. The van der Waals surface area contributed by atoms with Crippen LogP contribution in [0.5, 0.6) is 0 Å². The molecular formula is C8H11BrN2. The molecule has 1 rings (SSSR count). The van der Waals surface area contributed by atoms with Crippen LogP contribution < -0.4 is 11.5 Å². The SMILES string of the molecule is CCc1ccc(N)c(N)c1Br. The van der Waals surface area contributed by atoms with Crippen LogP contribution in [0.4, 0.5) is 11.4 Å². The number of rotatable bonds is 1. The standard InChI is InChI=1S/C8H11BrN2/c1-2-5-3-4-6(10)8(11)7(5)9/h3-4H,2,10-11H2,1H3. The van der Waals surface area contributed by atoms with E-state index >= 15 is 0 Å². The molecule has 0 aliphatic rings. The first kappa shape index (κ1) is 8.40. The Kier molecular flexibility index (Phi) is 2.39. The van der Waals surface area contributed by atoms with Gasteiger partial charge in [0.2, 0.25) is 0 Å². The molecule has 0 radical (unpaired) electrons. The fourth-order valence-corrected chi connectivity index (χ4v) is 1.57. The van der Waals surface area contributed by atoms with Gasteiger partial charge in [-0.05, 0) is 34.0 Å². The van der Waals surface area contributed by atoms with Gasteiger partial charge in [-0.3, -0.25) is 0 Å². The number of hydrogen-bond donors (Lipinski definition) is 2. The summed E-state index contributed by atoms with van der Waals surface area (Å²) in [5.74, 6) is 0. The number of hydrogen-bond acceptors (Lipinski definition) is 2. The van der Waals surface area contributed by atoms with Gasteiger partial charge in [-0.15, -0.1) is 0 Å². The first-order valence-electron chi connectivity index (χ1n) is 3.49. The molecule has 3 heteroatoms. The molecular weight excluding hydrogens is 204 g/mol. The minimum atomic E-state index is 0.633. The summed E-state index contributed by atoms with van der Waals surface area (Å²) in [6.45, 7) is 2.08. The molecule has 1 aromatic carbocycles. The zero-order chi connectivity index (χ0) is 8.43. The monoisotopic (exact) mass is 214 g/mol. The molecule has 1 aromatic rings. The van der Waals surface area contributed by atoms with E-state index in [1.807, 2.05) is 12.1 Å². The smallest absolute Gasteiger partial charge is 0.0694 e. The maximum Gasteiger partial charge on any atom is 0.0694 e. The molecule has 0 spiro atoms. The first-order valence-corrected chi connectivity index (χ1v) is 4.28. The van der Waals surface area contributed by atoms with E-state index in [0.717, 1.165) is 10.9 Å². The van der Waals surface area contributed by atoms with Crippen molar-refractivity contribution in [2.24, 2.45) is 0 Å². The van der Waals surface area contributed by atoms with Crippen LogP contribution in [-0.2, 0) is 6.42 Å². The van der Waals surface area contributed by atoms with Gasteiger partial charge in [-0.25, -0.2) is 0 Å². The topological polar surface area (TPSA) is 52.0 Å². The van der Waals surface area contributed by atoms with Gasteiger partial charge in [-0.1, -0.05) is 13.0 Å². The number of nitrogen functional groups attached to an aromatic ring is 2. The summed E-state index contributed by atoms with van der Waals surface area (Å²) in [5.41, 5.74) is 13.7. The third kappa shape index (κ3) is 1.48. The lowest BCUT2D eigenvalue weighted by Crippen LogP contribution is -1.97. The molecule has 0 unspecified atom stereocenters. The average molecular weight is 215 g/mol. The van der Waals surface area contributed by atoms with Crippen LogP contribution in [0.15, 0.2) is 16.6 Å². The van der Waals surface area contributed by atoms with Gasteiger partial charge in [0.15, 0.2) is 0 Å². The molecule has 11 heavy (non-hydrogen) atoms. The molecule has 0 saturated heterocycles. The molecule has 0 aliphatic carbocycles. The van der Waals surface area contributed by atoms with E-state index in [4.69, 9.17) is 11.5 Å². The van der Waals surface area contributed by atoms with Crippen molar-refractivity contribution in [3.8, 4) is 0 Å². The second kappa shape index (κ2) is 3.13. The normalized spacial score (nSPS) is 10.0. The second-order valence-corrected chi connectivity index (χ2v) is 3.19. The summed E-state index contributed by atoms with van der Waals surface area (Å²) in [4.78, 5) is 0. The molecule has 0 aliphatic heterocycles. The zero-order valence-electron chi connectivity index (χ0n) is 6.39. The van der Waals surface area contributed by atoms with E-state index in [1.165, 1.54) is 5.56 Å². The molecule has 0 fully saturated rings. The number of anilines is 2. The Balaban J connectivity index is 3.25. The second-order valence-electron chi connectivity index (χ2n) is 2.40.